The average Bonchev–Trinajstić information content (AvgIpc) is 3.16. The molecule has 1 aliphatic rings. The van der Waals surface area contributed by atoms with E-state index in [0.29, 0.717) is 18.9 Å². The number of nitrogens with zero attached hydrogens (tertiary/aromatic N) is 3. The normalized spacial score (nSPS) is 15.9. The standard InChI is InChI=1S/C25H32N4OS/c1-4-14-26-24(30)13-9-8-12-23-27-28-25(29(23)22-10-6-5-7-11-22)31-18-21-16-19(2)15-20(3)17-21/h4-7,10-11,15-16,20H,1,8-9,12-14,17-18H2,2-3H3,(H,26,30). The van der Waals surface area contributed by atoms with Crippen LogP contribution in [0.3, 0.4) is 0 Å². The zero-order valence-electron chi connectivity index (χ0n) is 18.5. The first-order valence-electron chi connectivity index (χ1n) is 10.9. The van der Waals surface area contributed by atoms with E-state index in [9.17, 15) is 4.79 Å². The lowest BCUT2D eigenvalue weighted by atomic mass is 9.93. The molecule has 0 spiro atoms. The number of rotatable bonds is 11. The van der Waals surface area contributed by atoms with Crippen molar-refractivity contribution in [3.8, 4) is 5.69 Å². The lowest BCUT2D eigenvalue weighted by molar-refractivity contribution is -0.121. The van der Waals surface area contributed by atoms with Gasteiger partial charge in [-0.15, -0.1) is 16.8 Å². The molecule has 1 aromatic carbocycles. The van der Waals surface area contributed by atoms with Gasteiger partial charge >= 0.3 is 0 Å². The Bertz CT molecular complexity index is 946. The topological polar surface area (TPSA) is 59.8 Å². The van der Waals surface area contributed by atoms with E-state index in [1.165, 1.54) is 11.1 Å². The SMILES string of the molecule is C=CCNC(=O)CCCCc1nnc(SCC2=CC(C)=CC(C)C2)n1-c1ccccc1. The fourth-order valence-electron chi connectivity index (χ4n) is 3.84. The van der Waals surface area contributed by atoms with Crippen LogP contribution >= 0.6 is 11.8 Å². The highest BCUT2D eigenvalue weighted by Gasteiger charge is 2.16. The third-order valence-electron chi connectivity index (χ3n) is 5.16. The first-order chi connectivity index (χ1) is 15.1. The van der Waals surface area contributed by atoms with Gasteiger partial charge < -0.3 is 5.32 Å². The van der Waals surface area contributed by atoms with Crippen molar-refractivity contribution in [2.45, 2.75) is 51.1 Å². The van der Waals surface area contributed by atoms with Gasteiger partial charge in [0.1, 0.15) is 5.82 Å². The molecular weight excluding hydrogens is 404 g/mol. The number of carbonyl (C=O) groups excluding carboxylic acids is 1. The van der Waals surface area contributed by atoms with Gasteiger partial charge in [0.15, 0.2) is 5.16 Å². The van der Waals surface area contributed by atoms with E-state index in [1.54, 1.807) is 17.8 Å². The number of benzene rings is 1. The summed E-state index contributed by atoms with van der Waals surface area (Å²) in [4.78, 5) is 11.8. The molecule has 5 nitrogen and oxygen atoms in total. The summed E-state index contributed by atoms with van der Waals surface area (Å²) in [6.45, 7) is 8.58. The zero-order chi connectivity index (χ0) is 22.1. The fraction of sp³-hybridized carbons (Fsp3) is 0.400. The number of aromatic nitrogens is 3. The Hall–Kier alpha value is -2.60. The molecule has 2 aromatic rings. The van der Waals surface area contributed by atoms with Crippen LogP contribution in [0.5, 0.6) is 0 Å². The molecule has 1 amide bonds. The molecule has 1 unspecified atom stereocenters. The number of amides is 1. The van der Waals surface area contributed by atoms with Crippen molar-refractivity contribution in [1.29, 1.82) is 0 Å². The largest absolute Gasteiger partial charge is 0.353 e. The van der Waals surface area contributed by atoms with Crippen LogP contribution in [0.2, 0.25) is 0 Å². The minimum absolute atomic E-state index is 0.0694. The highest BCUT2D eigenvalue weighted by molar-refractivity contribution is 7.99. The number of unbranched alkanes of at least 4 members (excludes halogenated alkanes) is 1. The molecule has 31 heavy (non-hydrogen) atoms. The minimum Gasteiger partial charge on any atom is -0.353 e. The van der Waals surface area contributed by atoms with Crippen LogP contribution in [0.1, 0.15) is 45.4 Å². The van der Waals surface area contributed by atoms with Crippen molar-refractivity contribution >= 4 is 17.7 Å². The number of aryl methyl sites for hydroxylation is 1. The maximum Gasteiger partial charge on any atom is 0.220 e. The van der Waals surface area contributed by atoms with E-state index in [-0.39, 0.29) is 5.91 Å². The van der Waals surface area contributed by atoms with Gasteiger partial charge in [-0.1, -0.05) is 66.3 Å². The first kappa shape index (κ1) is 23.1. The van der Waals surface area contributed by atoms with Gasteiger partial charge in [-0.3, -0.25) is 9.36 Å². The predicted molar refractivity (Wildman–Crippen MR) is 128 cm³/mol. The Kier molecular flexibility index (Phi) is 8.71. The predicted octanol–water partition coefficient (Wildman–Crippen LogP) is 5.29. The summed E-state index contributed by atoms with van der Waals surface area (Å²) < 4.78 is 2.16. The number of allylic oxidation sites excluding steroid dienone is 3. The Labute approximate surface area is 189 Å². The molecule has 1 atom stereocenters. The maximum atomic E-state index is 11.8. The summed E-state index contributed by atoms with van der Waals surface area (Å²) >= 11 is 1.75. The van der Waals surface area contributed by atoms with Crippen molar-refractivity contribution in [2.75, 3.05) is 12.3 Å². The average molecular weight is 437 g/mol. The quantitative estimate of drug-likeness (QED) is 0.295. The number of thioether (sulfide) groups is 1. The van der Waals surface area contributed by atoms with Gasteiger partial charge in [0, 0.05) is 30.8 Å². The van der Waals surface area contributed by atoms with E-state index in [1.807, 2.05) is 18.2 Å². The molecule has 0 saturated heterocycles. The van der Waals surface area contributed by atoms with Crippen LogP contribution in [0.15, 0.2) is 71.4 Å². The number of nitrogens with one attached hydrogen (secondary N) is 1. The molecule has 1 heterocycles. The maximum absolute atomic E-state index is 11.8. The molecule has 1 N–H and O–H groups in total. The number of para-hydroxylation sites is 1. The van der Waals surface area contributed by atoms with E-state index in [4.69, 9.17) is 0 Å². The molecule has 3 rings (SSSR count). The van der Waals surface area contributed by atoms with Crippen LogP contribution < -0.4 is 5.32 Å². The molecule has 1 aliphatic carbocycles. The van der Waals surface area contributed by atoms with E-state index >= 15 is 0 Å². The molecule has 0 bridgehead atoms. The summed E-state index contributed by atoms with van der Waals surface area (Å²) in [5.41, 5.74) is 3.87. The van der Waals surface area contributed by atoms with Gasteiger partial charge in [-0.25, -0.2) is 0 Å². The Balaban J connectivity index is 1.66. The summed E-state index contributed by atoms with van der Waals surface area (Å²) in [6.07, 6.45) is 10.5. The van der Waals surface area contributed by atoms with Crippen LogP contribution in [-0.4, -0.2) is 33.0 Å². The van der Waals surface area contributed by atoms with E-state index in [2.05, 4.69) is 64.8 Å². The van der Waals surface area contributed by atoms with E-state index in [0.717, 1.165) is 48.1 Å². The summed E-state index contributed by atoms with van der Waals surface area (Å²) in [5, 5.41) is 12.8. The lowest BCUT2D eigenvalue weighted by Crippen LogP contribution is -2.22. The monoisotopic (exact) mass is 436 g/mol. The van der Waals surface area contributed by atoms with Gasteiger partial charge in [0.2, 0.25) is 5.91 Å². The lowest BCUT2D eigenvalue weighted by Gasteiger charge is -2.17. The smallest absolute Gasteiger partial charge is 0.220 e. The highest BCUT2D eigenvalue weighted by Crippen LogP contribution is 2.29. The Morgan fingerprint density at radius 2 is 2.10 bits per heavy atom. The van der Waals surface area contributed by atoms with Gasteiger partial charge in [-0.05, 0) is 44.2 Å². The summed E-state index contributed by atoms with van der Waals surface area (Å²) in [5.74, 6) is 2.53. The third-order valence-corrected chi connectivity index (χ3v) is 6.20. The van der Waals surface area contributed by atoms with E-state index < -0.39 is 0 Å². The van der Waals surface area contributed by atoms with Crippen molar-refractivity contribution in [2.24, 2.45) is 5.92 Å². The second kappa shape index (κ2) is 11.7. The number of hydrogen-bond acceptors (Lipinski definition) is 4. The molecule has 6 heteroatoms. The number of carbonyl (C=O) groups is 1. The van der Waals surface area contributed by atoms with Gasteiger partial charge in [0.25, 0.3) is 0 Å². The molecule has 0 fully saturated rings. The van der Waals surface area contributed by atoms with Crippen LogP contribution in [0.25, 0.3) is 5.69 Å². The van der Waals surface area contributed by atoms with Crippen LogP contribution in [0.4, 0.5) is 0 Å². The second-order valence-electron chi connectivity index (χ2n) is 8.05. The van der Waals surface area contributed by atoms with Gasteiger partial charge in [0.05, 0.1) is 0 Å². The molecule has 0 radical (unpaired) electrons. The minimum atomic E-state index is 0.0694. The molecule has 0 saturated carbocycles. The van der Waals surface area contributed by atoms with Gasteiger partial charge in [-0.2, -0.15) is 0 Å². The van der Waals surface area contributed by atoms with Crippen LogP contribution in [0, 0.1) is 5.92 Å². The van der Waals surface area contributed by atoms with Crippen molar-refractivity contribution < 1.29 is 4.79 Å². The Morgan fingerprint density at radius 1 is 1.29 bits per heavy atom. The fourth-order valence-corrected chi connectivity index (χ4v) is 4.80. The van der Waals surface area contributed by atoms with Crippen LogP contribution in [-0.2, 0) is 11.2 Å². The molecular formula is C25H32N4OS. The van der Waals surface area contributed by atoms with Crippen molar-refractivity contribution in [3.05, 3.63) is 72.1 Å². The molecule has 0 aliphatic heterocycles. The second-order valence-corrected chi connectivity index (χ2v) is 9.00. The molecule has 164 valence electrons. The number of hydrogen-bond donors (Lipinski definition) is 1. The van der Waals surface area contributed by atoms with Crippen molar-refractivity contribution in [1.82, 2.24) is 20.1 Å². The summed E-state index contributed by atoms with van der Waals surface area (Å²) in [6, 6.07) is 10.3. The zero-order valence-corrected chi connectivity index (χ0v) is 19.3. The summed E-state index contributed by atoms with van der Waals surface area (Å²) in [7, 11) is 0. The Morgan fingerprint density at radius 3 is 2.84 bits per heavy atom. The highest BCUT2D eigenvalue weighted by atomic mass is 32.2. The molecule has 1 aromatic heterocycles. The first-order valence-corrected chi connectivity index (χ1v) is 11.9. The third kappa shape index (κ3) is 6.96. The van der Waals surface area contributed by atoms with Crippen molar-refractivity contribution in [3.63, 3.8) is 0 Å².